The van der Waals surface area contributed by atoms with Crippen molar-refractivity contribution in [2.75, 3.05) is 21.0 Å². The zero-order chi connectivity index (χ0) is 18.5. The highest BCUT2D eigenvalue weighted by atomic mass is 16.7. The van der Waals surface area contributed by atoms with Crippen molar-refractivity contribution in [3.8, 4) is 23.0 Å². The van der Waals surface area contributed by atoms with Crippen LogP contribution in [0.3, 0.4) is 0 Å². The second kappa shape index (κ2) is 7.82. The van der Waals surface area contributed by atoms with E-state index >= 15 is 0 Å². The molecule has 1 amide bonds. The van der Waals surface area contributed by atoms with Gasteiger partial charge in [0.2, 0.25) is 12.7 Å². The van der Waals surface area contributed by atoms with Gasteiger partial charge in [-0.2, -0.15) is 0 Å². The number of amides is 1. The first-order chi connectivity index (χ1) is 12.6. The second-order valence-corrected chi connectivity index (χ2v) is 5.82. The number of carbonyl (C=O) groups is 1. The fourth-order valence-electron chi connectivity index (χ4n) is 2.62. The Morgan fingerprint density at radius 2 is 1.77 bits per heavy atom. The summed E-state index contributed by atoms with van der Waals surface area (Å²) in [7, 11) is 3.17. The lowest BCUT2D eigenvalue weighted by molar-refractivity contribution is -0.117. The molecule has 0 radical (unpaired) electrons. The molecule has 136 valence electrons. The summed E-state index contributed by atoms with van der Waals surface area (Å²) in [6, 6.07) is 10.9. The molecule has 6 heteroatoms. The van der Waals surface area contributed by atoms with Crippen molar-refractivity contribution in [2.45, 2.75) is 13.0 Å². The highest BCUT2D eigenvalue weighted by Crippen LogP contribution is 2.34. The van der Waals surface area contributed by atoms with E-state index in [1.54, 1.807) is 26.4 Å². The summed E-state index contributed by atoms with van der Waals surface area (Å²) in [4.78, 5) is 12.2. The van der Waals surface area contributed by atoms with Crippen LogP contribution in [-0.2, 0) is 4.79 Å². The van der Waals surface area contributed by atoms with E-state index in [-0.39, 0.29) is 18.7 Å². The first-order valence-electron chi connectivity index (χ1n) is 8.20. The molecule has 2 aromatic carbocycles. The number of hydrogen-bond donors (Lipinski definition) is 1. The van der Waals surface area contributed by atoms with Crippen LogP contribution in [0.5, 0.6) is 23.0 Å². The molecule has 3 rings (SSSR count). The summed E-state index contributed by atoms with van der Waals surface area (Å²) in [5, 5.41) is 2.93. The van der Waals surface area contributed by atoms with Gasteiger partial charge < -0.3 is 24.3 Å². The van der Waals surface area contributed by atoms with Crippen LogP contribution in [0.1, 0.15) is 24.1 Å². The number of fused-ring (bicyclic) bond motifs is 1. The van der Waals surface area contributed by atoms with Crippen molar-refractivity contribution in [2.24, 2.45) is 0 Å². The third kappa shape index (κ3) is 4.08. The van der Waals surface area contributed by atoms with Crippen LogP contribution in [0, 0.1) is 0 Å². The van der Waals surface area contributed by atoms with Crippen LogP contribution in [-0.4, -0.2) is 26.9 Å². The average molecular weight is 355 g/mol. The quantitative estimate of drug-likeness (QED) is 0.805. The van der Waals surface area contributed by atoms with Crippen molar-refractivity contribution in [3.63, 3.8) is 0 Å². The Hall–Kier alpha value is -3.15. The van der Waals surface area contributed by atoms with E-state index in [9.17, 15) is 4.79 Å². The molecule has 1 N–H and O–H groups in total. The fraction of sp³-hybridized carbons (Fsp3) is 0.250. The monoisotopic (exact) mass is 355 g/mol. The number of benzene rings is 2. The van der Waals surface area contributed by atoms with Gasteiger partial charge in [0, 0.05) is 12.1 Å². The van der Waals surface area contributed by atoms with Gasteiger partial charge in [0.25, 0.3) is 0 Å². The van der Waals surface area contributed by atoms with E-state index in [1.165, 1.54) is 6.08 Å². The Kier molecular flexibility index (Phi) is 5.31. The number of carbonyl (C=O) groups excluding carboxylic acids is 1. The molecule has 0 fully saturated rings. The van der Waals surface area contributed by atoms with E-state index in [1.807, 2.05) is 37.3 Å². The molecule has 1 heterocycles. The summed E-state index contributed by atoms with van der Waals surface area (Å²) < 4.78 is 21.1. The van der Waals surface area contributed by atoms with Gasteiger partial charge in [-0.25, -0.2) is 0 Å². The normalized spacial score (nSPS) is 13.5. The molecule has 0 saturated carbocycles. The molecule has 1 aliphatic heterocycles. The topological polar surface area (TPSA) is 66.0 Å². The molecule has 0 bridgehead atoms. The smallest absolute Gasteiger partial charge is 0.244 e. The molecule has 26 heavy (non-hydrogen) atoms. The Bertz CT molecular complexity index is 809. The van der Waals surface area contributed by atoms with Gasteiger partial charge in [0.05, 0.1) is 20.3 Å². The van der Waals surface area contributed by atoms with Gasteiger partial charge in [0.15, 0.2) is 11.5 Å². The number of methoxy groups -OCH3 is 2. The molecule has 0 saturated heterocycles. The molecule has 1 atom stereocenters. The van der Waals surface area contributed by atoms with Gasteiger partial charge in [-0.05, 0) is 48.4 Å². The number of rotatable bonds is 6. The molecule has 0 aromatic heterocycles. The number of hydrogen-bond acceptors (Lipinski definition) is 5. The predicted molar refractivity (Wildman–Crippen MR) is 97.7 cm³/mol. The lowest BCUT2D eigenvalue weighted by atomic mass is 10.1. The average Bonchev–Trinajstić information content (AvgIpc) is 3.13. The third-order valence-corrected chi connectivity index (χ3v) is 4.06. The largest absolute Gasteiger partial charge is 0.497 e. The van der Waals surface area contributed by atoms with Crippen LogP contribution in [0.25, 0.3) is 6.08 Å². The molecular weight excluding hydrogens is 334 g/mol. The maximum atomic E-state index is 12.2. The van der Waals surface area contributed by atoms with Crippen molar-refractivity contribution < 1.29 is 23.7 Å². The van der Waals surface area contributed by atoms with Crippen molar-refractivity contribution in [3.05, 3.63) is 53.6 Å². The van der Waals surface area contributed by atoms with Gasteiger partial charge in [-0.15, -0.1) is 0 Å². The molecule has 6 nitrogen and oxygen atoms in total. The molecule has 2 aromatic rings. The molecule has 0 aliphatic carbocycles. The molecule has 0 spiro atoms. The van der Waals surface area contributed by atoms with E-state index in [4.69, 9.17) is 18.9 Å². The van der Waals surface area contributed by atoms with Crippen molar-refractivity contribution in [1.82, 2.24) is 5.32 Å². The predicted octanol–water partition coefficient (Wildman–Crippen LogP) is 3.32. The van der Waals surface area contributed by atoms with Gasteiger partial charge in [0.1, 0.15) is 11.5 Å². The van der Waals surface area contributed by atoms with Crippen LogP contribution < -0.4 is 24.3 Å². The number of ether oxygens (including phenoxy) is 4. The maximum Gasteiger partial charge on any atom is 0.244 e. The van der Waals surface area contributed by atoms with Crippen molar-refractivity contribution >= 4 is 12.0 Å². The van der Waals surface area contributed by atoms with E-state index < -0.39 is 0 Å². The Labute approximate surface area is 152 Å². The van der Waals surface area contributed by atoms with Crippen LogP contribution in [0.2, 0.25) is 0 Å². The van der Waals surface area contributed by atoms with Crippen molar-refractivity contribution in [1.29, 1.82) is 0 Å². The van der Waals surface area contributed by atoms with E-state index in [2.05, 4.69) is 5.32 Å². The van der Waals surface area contributed by atoms with Gasteiger partial charge in [-0.3, -0.25) is 4.79 Å². The van der Waals surface area contributed by atoms with Crippen LogP contribution in [0.4, 0.5) is 0 Å². The van der Waals surface area contributed by atoms with Gasteiger partial charge in [-0.1, -0.05) is 6.07 Å². The first kappa shape index (κ1) is 17.7. The minimum absolute atomic E-state index is 0.165. The van der Waals surface area contributed by atoms with E-state index in [0.717, 1.165) is 16.9 Å². The molecule has 1 unspecified atom stereocenters. The highest BCUT2D eigenvalue weighted by molar-refractivity contribution is 5.92. The third-order valence-electron chi connectivity index (χ3n) is 4.06. The summed E-state index contributed by atoms with van der Waals surface area (Å²) in [6.07, 6.45) is 3.20. The lowest BCUT2D eigenvalue weighted by Crippen LogP contribution is -2.24. The minimum atomic E-state index is -0.197. The minimum Gasteiger partial charge on any atom is -0.497 e. The van der Waals surface area contributed by atoms with Gasteiger partial charge >= 0.3 is 0 Å². The van der Waals surface area contributed by atoms with E-state index in [0.29, 0.717) is 17.2 Å². The standard InChI is InChI=1S/C20H21NO5/c1-13(15-5-6-18-19(10-15)26-12-25-18)21-20(22)7-4-14-8-16(23-2)11-17(9-14)24-3/h4-11,13H,12H2,1-3H3,(H,21,22). The SMILES string of the molecule is COc1cc(C=CC(=O)NC(C)c2ccc3c(c2)OCO3)cc(OC)c1. The maximum absolute atomic E-state index is 12.2. The van der Waals surface area contributed by atoms with Crippen LogP contribution >= 0.6 is 0 Å². The zero-order valence-electron chi connectivity index (χ0n) is 14.9. The highest BCUT2D eigenvalue weighted by Gasteiger charge is 2.16. The Morgan fingerprint density at radius 3 is 2.46 bits per heavy atom. The first-order valence-corrected chi connectivity index (χ1v) is 8.20. The Morgan fingerprint density at radius 1 is 1.08 bits per heavy atom. The number of nitrogens with one attached hydrogen (secondary N) is 1. The fourth-order valence-corrected chi connectivity index (χ4v) is 2.62. The molecule has 1 aliphatic rings. The Balaban J connectivity index is 1.65. The molecular formula is C20H21NO5. The summed E-state index contributed by atoms with van der Waals surface area (Å²) in [5.41, 5.74) is 1.76. The zero-order valence-corrected chi connectivity index (χ0v) is 14.9. The lowest BCUT2D eigenvalue weighted by Gasteiger charge is -2.13. The summed E-state index contributed by atoms with van der Waals surface area (Å²) >= 11 is 0. The second-order valence-electron chi connectivity index (χ2n) is 5.82. The van der Waals surface area contributed by atoms with Crippen LogP contribution in [0.15, 0.2) is 42.5 Å². The summed E-state index contributed by atoms with van der Waals surface area (Å²) in [5.74, 6) is 2.55. The summed E-state index contributed by atoms with van der Waals surface area (Å²) in [6.45, 7) is 2.14.